The third-order valence-corrected chi connectivity index (χ3v) is 4.38. The highest BCUT2D eigenvalue weighted by atomic mass is 127. The van der Waals surface area contributed by atoms with Gasteiger partial charge in [0.05, 0.1) is 18.7 Å². The number of rotatable bonds is 5. The molecule has 2 aromatic carbocycles. The van der Waals surface area contributed by atoms with Crippen molar-refractivity contribution in [2.45, 2.75) is 6.54 Å². The van der Waals surface area contributed by atoms with Crippen LogP contribution >= 0.6 is 38.5 Å². The molecule has 106 valence electrons. The molecule has 0 aromatic heterocycles. The number of nitrogens with one attached hydrogen (secondary N) is 1. The fourth-order valence-corrected chi connectivity index (χ4v) is 3.10. The van der Waals surface area contributed by atoms with Crippen LogP contribution in [0.4, 0.5) is 5.69 Å². The van der Waals surface area contributed by atoms with Crippen molar-refractivity contribution in [1.82, 2.24) is 0 Å². The summed E-state index contributed by atoms with van der Waals surface area (Å²) in [5, 5.41) is 3.42. The summed E-state index contributed by atoms with van der Waals surface area (Å²) in [6.07, 6.45) is 0. The van der Waals surface area contributed by atoms with Crippen LogP contribution in [0.2, 0.25) is 0 Å². The molecule has 0 fully saturated rings. The second-order valence-electron chi connectivity index (χ2n) is 4.15. The molecular formula is C15H15BrINO2. The van der Waals surface area contributed by atoms with E-state index in [2.05, 4.69) is 56.0 Å². The molecule has 1 N–H and O–H groups in total. The van der Waals surface area contributed by atoms with Gasteiger partial charge in [-0.05, 0) is 68.3 Å². The lowest BCUT2D eigenvalue weighted by Crippen LogP contribution is -2.02. The van der Waals surface area contributed by atoms with Gasteiger partial charge in [-0.25, -0.2) is 0 Å². The van der Waals surface area contributed by atoms with Crippen molar-refractivity contribution >= 4 is 44.2 Å². The molecule has 0 saturated heterocycles. The maximum Gasteiger partial charge on any atom is 0.174 e. The molecule has 0 aliphatic heterocycles. The molecule has 0 unspecified atom stereocenters. The molecule has 2 aromatic rings. The maximum absolute atomic E-state index is 5.35. The van der Waals surface area contributed by atoms with Gasteiger partial charge in [0.1, 0.15) is 0 Å². The molecule has 0 amide bonds. The standard InChI is InChI=1S/C15H15BrINO2/c1-19-14-8-10(7-11(16)15(14)20-2)9-18-13-6-4-3-5-12(13)17/h3-8,18H,9H2,1-2H3. The van der Waals surface area contributed by atoms with Crippen LogP contribution in [0, 0.1) is 3.57 Å². The summed E-state index contributed by atoms with van der Waals surface area (Å²) in [4.78, 5) is 0. The average molecular weight is 448 g/mol. The molecule has 2 rings (SSSR count). The Balaban J connectivity index is 2.18. The number of methoxy groups -OCH3 is 2. The zero-order chi connectivity index (χ0) is 14.5. The third kappa shape index (κ3) is 3.58. The number of ether oxygens (including phenoxy) is 2. The van der Waals surface area contributed by atoms with Gasteiger partial charge in [-0.2, -0.15) is 0 Å². The first-order chi connectivity index (χ1) is 9.65. The van der Waals surface area contributed by atoms with E-state index in [1.807, 2.05) is 24.3 Å². The Bertz CT molecular complexity index is 604. The lowest BCUT2D eigenvalue weighted by atomic mass is 10.2. The highest BCUT2D eigenvalue weighted by Crippen LogP contribution is 2.36. The molecule has 0 heterocycles. The Morgan fingerprint density at radius 3 is 2.55 bits per heavy atom. The Labute approximate surface area is 140 Å². The molecular weight excluding hydrogens is 433 g/mol. The summed E-state index contributed by atoms with van der Waals surface area (Å²) in [7, 11) is 3.27. The van der Waals surface area contributed by atoms with Gasteiger partial charge >= 0.3 is 0 Å². The maximum atomic E-state index is 5.35. The van der Waals surface area contributed by atoms with Crippen molar-refractivity contribution in [3.05, 3.63) is 50.0 Å². The topological polar surface area (TPSA) is 30.5 Å². The average Bonchev–Trinajstić information content (AvgIpc) is 2.45. The summed E-state index contributed by atoms with van der Waals surface area (Å²) < 4.78 is 12.7. The zero-order valence-electron chi connectivity index (χ0n) is 11.2. The monoisotopic (exact) mass is 447 g/mol. The Kier molecular flexibility index (Phi) is 5.54. The van der Waals surface area contributed by atoms with E-state index in [-0.39, 0.29) is 0 Å². The van der Waals surface area contributed by atoms with E-state index in [1.54, 1.807) is 14.2 Å². The van der Waals surface area contributed by atoms with E-state index in [0.717, 1.165) is 28.0 Å². The predicted molar refractivity (Wildman–Crippen MR) is 93.7 cm³/mol. The van der Waals surface area contributed by atoms with Gasteiger partial charge < -0.3 is 14.8 Å². The quantitative estimate of drug-likeness (QED) is 0.675. The molecule has 0 aliphatic rings. The molecule has 0 aliphatic carbocycles. The molecule has 3 nitrogen and oxygen atoms in total. The smallest absolute Gasteiger partial charge is 0.174 e. The zero-order valence-corrected chi connectivity index (χ0v) is 15.0. The summed E-state index contributed by atoms with van der Waals surface area (Å²) in [6, 6.07) is 12.2. The minimum Gasteiger partial charge on any atom is -0.493 e. The van der Waals surface area contributed by atoms with Crippen LogP contribution in [0.1, 0.15) is 5.56 Å². The first kappa shape index (κ1) is 15.4. The van der Waals surface area contributed by atoms with Crippen molar-refractivity contribution in [3.63, 3.8) is 0 Å². The number of anilines is 1. The summed E-state index contributed by atoms with van der Waals surface area (Å²) in [5.41, 5.74) is 2.24. The van der Waals surface area contributed by atoms with Crippen molar-refractivity contribution in [2.75, 3.05) is 19.5 Å². The van der Waals surface area contributed by atoms with Crippen LogP contribution < -0.4 is 14.8 Å². The van der Waals surface area contributed by atoms with Crippen molar-refractivity contribution < 1.29 is 9.47 Å². The van der Waals surface area contributed by atoms with Gasteiger partial charge in [0.2, 0.25) is 0 Å². The van der Waals surface area contributed by atoms with Crippen molar-refractivity contribution in [3.8, 4) is 11.5 Å². The largest absolute Gasteiger partial charge is 0.493 e. The van der Waals surface area contributed by atoms with Gasteiger partial charge in [0.15, 0.2) is 11.5 Å². The highest BCUT2D eigenvalue weighted by Gasteiger charge is 2.10. The van der Waals surface area contributed by atoms with Crippen LogP contribution in [0.5, 0.6) is 11.5 Å². The second-order valence-corrected chi connectivity index (χ2v) is 6.16. The summed E-state index contributed by atoms with van der Waals surface area (Å²) >= 11 is 5.82. The van der Waals surface area contributed by atoms with E-state index in [9.17, 15) is 0 Å². The fraction of sp³-hybridized carbons (Fsp3) is 0.200. The molecule has 0 saturated carbocycles. The van der Waals surface area contributed by atoms with Crippen LogP contribution in [0.15, 0.2) is 40.9 Å². The van der Waals surface area contributed by atoms with Crippen LogP contribution in [-0.4, -0.2) is 14.2 Å². The minimum atomic E-state index is 0.713. The fourth-order valence-electron chi connectivity index (χ4n) is 1.88. The van der Waals surface area contributed by atoms with Crippen molar-refractivity contribution in [2.24, 2.45) is 0 Å². The molecule has 0 spiro atoms. The van der Waals surface area contributed by atoms with E-state index in [0.29, 0.717) is 5.75 Å². The normalized spacial score (nSPS) is 10.2. The van der Waals surface area contributed by atoms with Gasteiger partial charge in [0.25, 0.3) is 0 Å². The molecule has 5 heteroatoms. The van der Waals surface area contributed by atoms with Gasteiger partial charge in [0, 0.05) is 15.8 Å². The predicted octanol–water partition coefficient (Wildman–Crippen LogP) is 4.68. The Morgan fingerprint density at radius 1 is 1.15 bits per heavy atom. The number of halogens is 2. The lowest BCUT2D eigenvalue weighted by molar-refractivity contribution is 0.352. The van der Waals surface area contributed by atoms with Crippen LogP contribution in [-0.2, 0) is 6.54 Å². The van der Waals surface area contributed by atoms with Crippen LogP contribution in [0.25, 0.3) is 0 Å². The van der Waals surface area contributed by atoms with Gasteiger partial charge in [-0.3, -0.25) is 0 Å². The van der Waals surface area contributed by atoms with Gasteiger partial charge in [-0.15, -0.1) is 0 Å². The second kappa shape index (κ2) is 7.17. The van der Waals surface area contributed by atoms with Crippen LogP contribution in [0.3, 0.4) is 0 Å². The number of benzene rings is 2. The number of hydrogen-bond acceptors (Lipinski definition) is 3. The van der Waals surface area contributed by atoms with E-state index < -0.39 is 0 Å². The molecule has 0 radical (unpaired) electrons. The van der Waals surface area contributed by atoms with E-state index in [4.69, 9.17) is 9.47 Å². The summed E-state index contributed by atoms with van der Waals surface area (Å²) in [5.74, 6) is 1.44. The first-order valence-corrected chi connectivity index (χ1v) is 7.91. The van der Waals surface area contributed by atoms with E-state index >= 15 is 0 Å². The number of para-hydroxylation sites is 1. The van der Waals surface area contributed by atoms with E-state index in [1.165, 1.54) is 3.57 Å². The SMILES string of the molecule is COc1cc(CNc2ccccc2I)cc(Br)c1OC. The molecule has 0 bridgehead atoms. The molecule has 0 atom stereocenters. The van der Waals surface area contributed by atoms with Crippen molar-refractivity contribution in [1.29, 1.82) is 0 Å². The Hall–Kier alpha value is -0.950. The summed E-state index contributed by atoms with van der Waals surface area (Å²) in [6.45, 7) is 0.721. The number of hydrogen-bond donors (Lipinski definition) is 1. The Morgan fingerprint density at radius 2 is 1.90 bits per heavy atom. The lowest BCUT2D eigenvalue weighted by Gasteiger charge is -2.13. The van der Waals surface area contributed by atoms with Gasteiger partial charge in [-0.1, -0.05) is 12.1 Å². The third-order valence-electron chi connectivity index (χ3n) is 2.85. The minimum absolute atomic E-state index is 0.713. The molecule has 20 heavy (non-hydrogen) atoms. The first-order valence-electron chi connectivity index (χ1n) is 6.04. The highest BCUT2D eigenvalue weighted by molar-refractivity contribution is 14.1.